The quantitative estimate of drug-likeness (QED) is 0.191. The van der Waals surface area contributed by atoms with Gasteiger partial charge in [0.1, 0.15) is 12.6 Å². The summed E-state index contributed by atoms with van der Waals surface area (Å²) in [6, 6.07) is 29.4. The molecule has 0 aliphatic rings. The first kappa shape index (κ1) is 32.8. The predicted molar refractivity (Wildman–Crippen MR) is 176 cm³/mol. The zero-order valence-corrected chi connectivity index (χ0v) is 26.8. The molecule has 44 heavy (non-hydrogen) atoms. The normalized spacial score (nSPS) is 11.9. The van der Waals surface area contributed by atoms with Gasteiger partial charge in [-0.2, -0.15) is 0 Å². The third-order valence-electron chi connectivity index (χ3n) is 7.45. The van der Waals surface area contributed by atoms with Gasteiger partial charge in [0.15, 0.2) is 0 Å². The highest BCUT2D eigenvalue weighted by Crippen LogP contribution is 2.29. The molecular formula is C35H38ClN3O4S. The van der Waals surface area contributed by atoms with Crippen LogP contribution < -0.4 is 9.62 Å². The molecular weight excluding hydrogens is 594 g/mol. The summed E-state index contributed by atoms with van der Waals surface area (Å²) in [5, 5.41) is 3.31. The summed E-state index contributed by atoms with van der Waals surface area (Å²) in [6.07, 6.45) is 0.794. The van der Waals surface area contributed by atoms with E-state index in [2.05, 4.69) is 5.32 Å². The van der Waals surface area contributed by atoms with E-state index in [1.807, 2.05) is 69.3 Å². The number of benzene rings is 4. The van der Waals surface area contributed by atoms with Crippen LogP contribution in [0.4, 0.5) is 5.69 Å². The van der Waals surface area contributed by atoms with Gasteiger partial charge in [0, 0.05) is 24.5 Å². The van der Waals surface area contributed by atoms with E-state index >= 15 is 0 Å². The van der Waals surface area contributed by atoms with Gasteiger partial charge in [0.25, 0.3) is 10.0 Å². The Hall–Kier alpha value is -4.14. The lowest BCUT2D eigenvalue weighted by Gasteiger charge is -2.34. The van der Waals surface area contributed by atoms with Crippen LogP contribution >= 0.6 is 11.6 Å². The van der Waals surface area contributed by atoms with E-state index in [1.165, 1.54) is 4.90 Å². The van der Waals surface area contributed by atoms with E-state index in [0.29, 0.717) is 29.2 Å². The molecule has 0 fully saturated rings. The number of carbonyl (C=O) groups is 2. The largest absolute Gasteiger partial charge is 0.355 e. The van der Waals surface area contributed by atoms with E-state index in [-0.39, 0.29) is 23.8 Å². The number of halogens is 1. The van der Waals surface area contributed by atoms with E-state index in [0.717, 1.165) is 21.0 Å². The molecule has 1 N–H and O–H groups in total. The number of para-hydroxylation sites is 1. The monoisotopic (exact) mass is 631 g/mol. The van der Waals surface area contributed by atoms with Crippen LogP contribution in [0.15, 0.2) is 108 Å². The predicted octanol–water partition coefficient (Wildman–Crippen LogP) is 6.18. The number of carbonyl (C=O) groups excluding carboxylic acids is 2. The van der Waals surface area contributed by atoms with Crippen LogP contribution in [0.1, 0.15) is 36.1 Å². The Morgan fingerprint density at radius 2 is 1.43 bits per heavy atom. The van der Waals surface area contributed by atoms with Crippen molar-refractivity contribution in [2.24, 2.45) is 0 Å². The maximum Gasteiger partial charge on any atom is 0.264 e. The third-order valence-corrected chi connectivity index (χ3v) is 9.59. The molecule has 0 aliphatic carbocycles. The summed E-state index contributed by atoms with van der Waals surface area (Å²) in [6.45, 7) is 5.51. The SMILES string of the molecule is CCNC(=O)C(Cc1ccccc1)N(Cc1ccccc1Cl)C(=O)CN(c1ccccc1CC)S(=O)(=O)c1ccc(C)cc1. The van der Waals surface area contributed by atoms with E-state index < -0.39 is 28.5 Å². The molecule has 4 rings (SSSR count). The highest BCUT2D eigenvalue weighted by molar-refractivity contribution is 7.92. The van der Waals surface area contributed by atoms with Crippen molar-refractivity contribution in [3.63, 3.8) is 0 Å². The molecule has 0 saturated heterocycles. The zero-order chi connectivity index (χ0) is 31.7. The molecule has 0 saturated carbocycles. The fourth-order valence-electron chi connectivity index (χ4n) is 5.06. The van der Waals surface area contributed by atoms with Gasteiger partial charge in [-0.05, 0) is 61.2 Å². The second kappa shape index (κ2) is 15.0. The standard InChI is InChI=1S/C35H38ClN3O4S/c1-4-28-15-10-12-18-32(28)39(44(42,43)30-21-19-26(3)20-22-30)25-34(40)38(24-29-16-9-11-17-31(29)36)33(35(41)37-5-2)23-27-13-7-6-8-14-27/h6-22,33H,4-5,23-25H2,1-3H3,(H,37,41). The minimum absolute atomic E-state index is 0.0149. The first-order valence-corrected chi connectivity index (χ1v) is 16.5. The lowest BCUT2D eigenvalue weighted by atomic mass is 10.0. The molecule has 9 heteroatoms. The van der Waals surface area contributed by atoms with Crippen LogP contribution in [-0.2, 0) is 39.0 Å². The van der Waals surface area contributed by atoms with Crippen molar-refractivity contribution in [1.82, 2.24) is 10.2 Å². The molecule has 2 amide bonds. The summed E-state index contributed by atoms with van der Waals surface area (Å²) in [4.78, 5) is 29.6. The Bertz CT molecular complexity index is 1680. The van der Waals surface area contributed by atoms with Gasteiger partial charge >= 0.3 is 0 Å². The highest BCUT2D eigenvalue weighted by Gasteiger charge is 2.35. The van der Waals surface area contributed by atoms with Crippen molar-refractivity contribution in [3.05, 3.63) is 130 Å². The van der Waals surface area contributed by atoms with Crippen molar-refractivity contribution in [2.45, 2.75) is 51.1 Å². The van der Waals surface area contributed by atoms with Crippen LogP contribution in [0.5, 0.6) is 0 Å². The number of nitrogens with zero attached hydrogens (tertiary/aromatic N) is 2. The molecule has 4 aromatic rings. The maximum atomic E-state index is 14.5. The van der Waals surface area contributed by atoms with Gasteiger partial charge in [0.05, 0.1) is 10.6 Å². The van der Waals surface area contributed by atoms with Gasteiger partial charge in [-0.25, -0.2) is 8.42 Å². The Morgan fingerprint density at radius 1 is 0.818 bits per heavy atom. The Kier molecular flexibility index (Phi) is 11.2. The van der Waals surface area contributed by atoms with Crippen LogP contribution in [0, 0.1) is 6.92 Å². The smallest absolute Gasteiger partial charge is 0.264 e. The molecule has 0 aromatic heterocycles. The number of aryl methyl sites for hydroxylation is 2. The lowest BCUT2D eigenvalue weighted by molar-refractivity contribution is -0.140. The number of hydrogen-bond acceptors (Lipinski definition) is 4. The molecule has 7 nitrogen and oxygen atoms in total. The molecule has 0 aliphatic heterocycles. The number of anilines is 1. The number of sulfonamides is 1. The molecule has 4 aromatic carbocycles. The molecule has 1 unspecified atom stereocenters. The maximum absolute atomic E-state index is 14.5. The molecule has 0 bridgehead atoms. The van der Waals surface area contributed by atoms with Crippen molar-refractivity contribution in [3.8, 4) is 0 Å². The first-order valence-electron chi connectivity index (χ1n) is 14.7. The van der Waals surface area contributed by atoms with E-state index in [9.17, 15) is 18.0 Å². The molecule has 0 spiro atoms. The minimum Gasteiger partial charge on any atom is -0.355 e. The van der Waals surface area contributed by atoms with Crippen LogP contribution in [0.2, 0.25) is 5.02 Å². The Balaban J connectivity index is 1.83. The molecule has 230 valence electrons. The molecule has 0 heterocycles. The van der Waals surface area contributed by atoms with E-state index in [1.54, 1.807) is 54.6 Å². The fraction of sp³-hybridized carbons (Fsp3) is 0.257. The summed E-state index contributed by atoms with van der Waals surface area (Å²) in [5.41, 5.74) is 3.61. The zero-order valence-electron chi connectivity index (χ0n) is 25.2. The highest BCUT2D eigenvalue weighted by atomic mass is 35.5. The van der Waals surface area contributed by atoms with Gasteiger partial charge in [-0.15, -0.1) is 0 Å². The van der Waals surface area contributed by atoms with Gasteiger partial charge in [-0.3, -0.25) is 13.9 Å². The van der Waals surface area contributed by atoms with E-state index in [4.69, 9.17) is 11.6 Å². The number of hydrogen-bond donors (Lipinski definition) is 1. The first-order chi connectivity index (χ1) is 21.1. The number of likely N-dealkylation sites (N-methyl/N-ethyl adjacent to an activating group) is 1. The van der Waals surface area contributed by atoms with Crippen molar-refractivity contribution < 1.29 is 18.0 Å². The van der Waals surface area contributed by atoms with Gasteiger partial charge in [-0.1, -0.05) is 103 Å². The number of rotatable bonds is 13. The molecule has 1 atom stereocenters. The average molecular weight is 632 g/mol. The number of nitrogens with one attached hydrogen (secondary N) is 1. The van der Waals surface area contributed by atoms with Crippen molar-refractivity contribution in [1.29, 1.82) is 0 Å². The average Bonchev–Trinajstić information content (AvgIpc) is 3.03. The summed E-state index contributed by atoms with van der Waals surface area (Å²) in [7, 11) is -4.17. The van der Waals surface area contributed by atoms with Crippen LogP contribution in [0.25, 0.3) is 0 Å². The Labute approximate surface area is 265 Å². The van der Waals surface area contributed by atoms with Crippen LogP contribution in [-0.4, -0.2) is 44.3 Å². The topological polar surface area (TPSA) is 86.8 Å². The van der Waals surface area contributed by atoms with Gasteiger partial charge in [0.2, 0.25) is 11.8 Å². The molecule has 0 radical (unpaired) electrons. The third kappa shape index (κ3) is 7.87. The minimum atomic E-state index is -4.17. The van der Waals surface area contributed by atoms with Crippen molar-refractivity contribution >= 4 is 39.1 Å². The second-order valence-corrected chi connectivity index (χ2v) is 12.8. The van der Waals surface area contributed by atoms with Gasteiger partial charge < -0.3 is 10.2 Å². The Morgan fingerprint density at radius 3 is 2.07 bits per heavy atom. The van der Waals surface area contributed by atoms with Crippen molar-refractivity contribution in [2.75, 3.05) is 17.4 Å². The summed E-state index contributed by atoms with van der Waals surface area (Å²) in [5.74, 6) is -0.864. The number of amides is 2. The summed E-state index contributed by atoms with van der Waals surface area (Å²) < 4.78 is 29.6. The second-order valence-electron chi connectivity index (χ2n) is 10.5. The fourth-order valence-corrected chi connectivity index (χ4v) is 6.71. The van der Waals surface area contributed by atoms with Crippen LogP contribution in [0.3, 0.4) is 0 Å². The lowest BCUT2D eigenvalue weighted by Crippen LogP contribution is -2.53. The summed E-state index contributed by atoms with van der Waals surface area (Å²) >= 11 is 6.54.